The van der Waals surface area contributed by atoms with Crippen LogP contribution in [0.4, 0.5) is 0 Å². The molecule has 0 rings (SSSR count). The fraction of sp³-hybridized carbons (Fsp3) is 0.597. The molecule has 0 aromatic heterocycles. The van der Waals surface area contributed by atoms with E-state index in [1.807, 2.05) is 0 Å². The number of hydrogen-bond acceptors (Lipinski definition) is 1. The van der Waals surface area contributed by atoms with E-state index in [2.05, 4.69) is 184 Å². The van der Waals surface area contributed by atoms with Gasteiger partial charge in [0, 0.05) is 5.92 Å². The molecule has 0 saturated heterocycles. The van der Waals surface area contributed by atoms with Crippen molar-refractivity contribution in [3.8, 4) is 0 Å². The Morgan fingerprint density at radius 3 is 0.714 bits per heavy atom. The molecular weight excluding hydrogens is 761 g/mol. The minimum absolute atomic E-state index is 0.0971. The van der Waals surface area contributed by atoms with Crippen molar-refractivity contribution in [2.24, 2.45) is 17.8 Å². The fourth-order valence-corrected chi connectivity index (χ4v) is 7.92. The van der Waals surface area contributed by atoms with Crippen molar-refractivity contribution in [3.05, 3.63) is 140 Å². The van der Waals surface area contributed by atoms with Gasteiger partial charge in [-0.15, -0.1) is 0 Å². The Kier molecular flexibility index (Phi) is 34.8. The summed E-state index contributed by atoms with van der Waals surface area (Å²) in [5.74, 6) is 0.195. The van der Waals surface area contributed by atoms with Crippen LogP contribution < -0.4 is 0 Å². The molecule has 0 heterocycles. The van der Waals surface area contributed by atoms with E-state index < -0.39 is 0 Å². The van der Waals surface area contributed by atoms with Gasteiger partial charge in [-0.2, -0.15) is 0 Å². The van der Waals surface area contributed by atoms with E-state index in [0.717, 1.165) is 116 Å². The maximum absolute atomic E-state index is 13.5. The van der Waals surface area contributed by atoms with Crippen LogP contribution in [-0.4, -0.2) is 6.29 Å². The van der Waals surface area contributed by atoms with E-state index in [0.29, 0.717) is 0 Å². The van der Waals surface area contributed by atoms with Gasteiger partial charge in [0.1, 0.15) is 6.29 Å². The van der Waals surface area contributed by atoms with Crippen molar-refractivity contribution in [1.82, 2.24) is 0 Å². The van der Waals surface area contributed by atoms with Gasteiger partial charge in [-0.3, -0.25) is 0 Å². The van der Waals surface area contributed by atoms with Gasteiger partial charge in [-0.05, 0) is 238 Å². The number of rotatable bonds is 33. The molecule has 354 valence electrons. The number of carbonyl (C=O) groups excluding carboxylic acids is 1. The number of hydrogen-bond donors (Lipinski definition) is 0. The normalized spacial score (nSPS) is 15.2. The molecule has 0 fully saturated rings. The van der Waals surface area contributed by atoms with Gasteiger partial charge in [0.15, 0.2) is 0 Å². The van der Waals surface area contributed by atoms with Crippen LogP contribution in [-0.2, 0) is 4.79 Å². The number of carbonyl (C=O) groups is 1. The van der Waals surface area contributed by atoms with Crippen LogP contribution in [0, 0.1) is 17.8 Å². The minimum atomic E-state index is -0.0971. The molecule has 0 aromatic carbocycles. The Bertz CT molecular complexity index is 1550. The first-order valence-corrected chi connectivity index (χ1v) is 25.1. The Labute approximate surface area is 393 Å². The van der Waals surface area contributed by atoms with Gasteiger partial charge < -0.3 is 4.79 Å². The monoisotopic (exact) mass is 861 g/mol. The highest BCUT2D eigenvalue weighted by molar-refractivity contribution is 5.56. The molecule has 0 aromatic rings. The van der Waals surface area contributed by atoms with E-state index >= 15 is 0 Å². The van der Waals surface area contributed by atoms with Crippen molar-refractivity contribution in [2.75, 3.05) is 0 Å². The zero-order valence-corrected chi connectivity index (χ0v) is 44.4. The largest absolute Gasteiger partial charge is 0.303 e. The summed E-state index contributed by atoms with van der Waals surface area (Å²) in [5.41, 5.74) is 17.1. The van der Waals surface area contributed by atoms with Crippen molar-refractivity contribution >= 4 is 6.29 Å². The van der Waals surface area contributed by atoms with Gasteiger partial charge in [0.2, 0.25) is 0 Å². The van der Waals surface area contributed by atoms with Crippen LogP contribution in [0.15, 0.2) is 140 Å². The molecule has 1 heteroatoms. The number of allylic oxidation sites excluding steroid dienone is 24. The lowest BCUT2D eigenvalue weighted by atomic mass is 9.76. The summed E-state index contributed by atoms with van der Waals surface area (Å²) >= 11 is 0. The Morgan fingerprint density at radius 2 is 0.492 bits per heavy atom. The fourth-order valence-electron chi connectivity index (χ4n) is 7.92. The minimum Gasteiger partial charge on any atom is -0.303 e. The van der Waals surface area contributed by atoms with E-state index in [4.69, 9.17) is 0 Å². The molecule has 63 heavy (non-hydrogen) atoms. The zero-order chi connectivity index (χ0) is 47.6. The SMILES string of the molecule is CC(C)=CCCC(C)=CCCC(C)=CCC(C=C(C)CCC=C(C)CCC=C(C)C)C(C=O)C(C=C(C)CCC=C(C)CCC=C(C)C)CC=C(C)CCC=C(C)CCC=C(C)C. The maximum Gasteiger partial charge on any atom is 0.124 e. The van der Waals surface area contributed by atoms with Gasteiger partial charge in [0.25, 0.3) is 0 Å². The predicted molar refractivity (Wildman–Crippen MR) is 287 cm³/mol. The van der Waals surface area contributed by atoms with Gasteiger partial charge in [-0.1, -0.05) is 140 Å². The lowest BCUT2D eigenvalue weighted by molar-refractivity contribution is -0.113. The molecule has 0 radical (unpaired) electrons. The third kappa shape index (κ3) is 35.6. The first kappa shape index (κ1) is 59.6. The van der Waals surface area contributed by atoms with E-state index in [1.54, 1.807) is 0 Å². The summed E-state index contributed by atoms with van der Waals surface area (Å²) in [6, 6.07) is 0. The Morgan fingerprint density at radius 1 is 0.286 bits per heavy atom. The maximum atomic E-state index is 13.5. The van der Waals surface area contributed by atoms with Gasteiger partial charge in [0.05, 0.1) is 0 Å². The quantitative estimate of drug-likeness (QED) is 0.0475. The predicted octanol–water partition coefficient (Wildman–Crippen LogP) is 20.5. The second-order valence-electron chi connectivity index (χ2n) is 20.3. The first-order valence-electron chi connectivity index (χ1n) is 25.1. The van der Waals surface area contributed by atoms with Crippen LogP contribution >= 0.6 is 0 Å². The smallest absolute Gasteiger partial charge is 0.124 e. The van der Waals surface area contributed by atoms with Crippen LogP contribution in [0.25, 0.3) is 0 Å². The van der Waals surface area contributed by atoms with Crippen LogP contribution in [0.1, 0.15) is 226 Å². The molecule has 0 N–H and O–H groups in total. The van der Waals surface area contributed by atoms with E-state index in [1.165, 1.54) is 73.2 Å². The molecule has 0 aliphatic heterocycles. The van der Waals surface area contributed by atoms with Crippen LogP contribution in [0.5, 0.6) is 0 Å². The average Bonchev–Trinajstić information content (AvgIpc) is 3.18. The molecule has 0 amide bonds. The first-order chi connectivity index (χ1) is 29.8. The molecule has 0 saturated carbocycles. The molecule has 0 aliphatic rings. The topological polar surface area (TPSA) is 17.1 Å². The lowest BCUT2D eigenvalue weighted by Gasteiger charge is -2.27. The van der Waals surface area contributed by atoms with E-state index in [9.17, 15) is 4.79 Å². The Hall–Kier alpha value is -3.45. The summed E-state index contributed by atoms with van der Waals surface area (Å²) < 4.78 is 0. The Balaban J connectivity index is 6.71. The van der Waals surface area contributed by atoms with Crippen LogP contribution in [0.3, 0.4) is 0 Å². The highest BCUT2D eigenvalue weighted by Gasteiger charge is 2.26. The third-order valence-corrected chi connectivity index (χ3v) is 12.1. The van der Waals surface area contributed by atoms with E-state index in [-0.39, 0.29) is 17.8 Å². The molecule has 0 aliphatic carbocycles. The zero-order valence-electron chi connectivity index (χ0n) is 44.4. The average molecular weight is 861 g/mol. The lowest BCUT2D eigenvalue weighted by Crippen LogP contribution is -2.23. The molecule has 0 spiro atoms. The summed E-state index contributed by atoms with van der Waals surface area (Å²) in [6.45, 7) is 35.7. The third-order valence-electron chi connectivity index (χ3n) is 12.1. The summed E-state index contributed by atoms with van der Waals surface area (Å²) in [5, 5.41) is 0. The van der Waals surface area contributed by atoms with Gasteiger partial charge >= 0.3 is 0 Å². The molecular formula is C62H100O. The standard InChI is InChI=1S/C62H100O/c1-48(2)25-17-29-52(9)33-21-37-56(13)41-43-60(45-58(15)39-23-35-54(11)31-19-27-50(5)6)62(47-63)61(46-59(16)40-24-36-55(12)32-20-28-51(7)8)44-42-57(14)38-22-34-53(10)30-18-26-49(3)4/h25-28,33-36,41-42,45-47,60-62H,17-24,29-32,37-40,43-44H2,1-16H3. The highest BCUT2D eigenvalue weighted by atomic mass is 16.1. The summed E-state index contributed by atoms with van der Waals surface area (Å²) in [7, 11) is 0. The molecule has 2 atom stereocenters. The molecule has 1 nitrogen and oxygen atoms in total. The second kappa shape index (κ2) is 36.8. The molecule has 0 bridgehead atoms. The van der Waals surface area contributed by atoms with Crippen LogP contribution in [0.2, 0.25) is 0 Å². The van der Waals surface area contributed by atoms with Crippen molar-refractivity contribution in [1.29, 1.82) is 0 Å². The number of aldehydes is 1. The van der Waals surface area contributed by atoms with Crippen molar-refractivity contribution in [3.63, 3.8) is 0 Å². The van der Waals surface area contributed by atoms with Crippen molar-refractivity contribution in [2.45, 2.75) is 226 Å². The van der Waals surface area contributed by atoms with Crippen molar-refractivity contribution < 1.29 is 4.79 Å². The van der Waals surface area contributed by atoms with Gasteiger partial charge in [-0.25, -0.2) is 0 Å². The molecule has 2 unspecified atom stereocenters. The second-order valence-corrected chi connectivity index (χ2v) is 20.3. The summed E-state index contributed by atoms with van der Waals surface area (Å²) in [6.07, 6.45) is 49.4. The highest BCUT2D eigenvalue weighted by Crippen LogP contribution is 2.33. The summed E-state index contributed by atoms with van der Waals surface area (Å²) in [4.78, 5) is 13.5.